The molecule has 2 nitrogen and oxygen atoms in total. The third-order valence-electron chi connectivity index (χ3n) is 4.73. The van der Waals surface area contributed by atoms with Crippen LogP contribution in [0.1, 0.15) is 22.3 Å². The van der Waals surface area contributed by atoms with Crippen molar-refractivity contribution < 1.29 is 4.79 Å². The van der Waals surface area contributed by atoms with Gasteiger partial charge >= 0.3 is 0 Å². The molecule has 0 fully saturated rings. The molecule has 3 aromatic carbocycles. The Hall–Kier alpha value is -3.31. The minimum atomic E-state index is -0.438. The highest BCUT2D eigenvalue weighted by Gasteiger charge is 2.31. The van der Waals surface area contributed by atoms with Gasteiger partial charge in [0.2, 0.25) is 6.41 Å². The zero-order chi connectivity index (χ0) is 19.0. The highest BCUT2D eigenvalue weighted by atomic mass is 16.1. The molecule has 0 aliphatic carbocycles. The molecular formula is C25H23NO. The van der Waals surface area contributed by atoms with Gasteiger partial charge in [-0.2, -0.15) is 0 Å². The number of hydrogen-bond donors (Lipinski definition) is 1. The molecule has 134 valence electrons. The quantitative estimate of drug-likeness (QED) is 0.397. The lowest BCUT2D eigenvalue weighted by atomic mass is 9.72. The summed E-state index contributed by atoms with van der Waals surface area (Å²) in [5, 5.41) is 2.51. The van der Waals surface area contributed by atoms with E-state index in [1.807, 2.05) is 12.1 Å². The summed E-state index contributed by atoms with van der Waals surface area (Å²) in [5.41, 5.74) is 4.36. The van der Waals surface area contributed by atoms with Crippen molar-refractivity contribution in [2.75, 3.05) is 0 Å². The van der Waals surface area contributed by atoms with E-state index in [0.717, 1.165) is 18.4 Å². The molecule has 0 heterocycles. The van der Waals surface area contributed by atoms with Gasteiger partial charge in [-0.15, -0.1) is 0 Å². The van der Waals surface area contributed by atoms with Gasteiger partial charge in [0, 0.05) is 6.04 Å². The van der Waals surface area contributed by atoms with E-state index in [1.165, 1.54) is 16.7 Å². The van der Waals surface area contributed by atoms with E-state index < -0.39 is 5.41 Å². The van der Waals surface area contributed by atoms with Crippen molar-refractivity contribution in [3.63, 3.8) is 0 Å². The molecule has 2 heteroatoms. The highest BCUT2D eigenvalue weighted by Crippen LogP contribution is 2.32. The minimum absolute atomic E-state index is 0.438. The number of amides is 1. The Labute approximate surface area is 161 Å². The predicted octanol–water partition coefficient (Wildman–Crippen LogP) is 4.43. The predicted molar refractivity (Wildman–Crippen MR) is 110 cm³/mol. The summed E-state index contributed by atoms with van der Waals surface area (Å²) in [6.45, 7) is 2.08. The first kappa shape index (κ1) is 18.5. The molecular weight excluding hydrogens is 330 g/mol. The van der Waals surface area contributed by atoms with Crippen LogP contribution in [0.5, 0.6) is 0 Å². The molecule has 1 amide bonds. The minimum Gasteiger partial charge on any atom is -0.288 e. The summed E-state index contributed by atoms with van der Waals surface area (Å²) in [6.07, 6.45) is 2.15. The van der Waals surface area contributed by atoms with Crippen LogP contribution in [0.4, 0.5) is 0 Å². The SMILES string of the molecule is Cc1ccc(C(C#CNC=O)(Cc2ccccc2)Cc2ccccc2)cc1. The van der Waals surface area contributed by atoms with E-state index in [-0.39, 0.29) is 0 Å². The number of carbonyl (C=O) groups excluding carboxylic acids is 1. The van der Waals surface area contributed by atoms with Crippen molar-refractivity contribution in [3.8, 4) is 12.0 Å². The number of aryl methyl sites for hydroxylation is 1. The van der Waals surface area contributed by atoms with Gasteiger partial charge < -0.3 is 0 Å². The average Bonchev–Trinajstić information content (AvgIpc) is 2.70. The molecule has 0 aromatic heterocycles. The molecule has 0 aliphatic rings. The molecule has 0 bridgehead atoms. The molecule has 3 rings (SSSR count). The highest BCUT2D eigenvalue weighted by molar-refractivity contribution is 5.51. The molecule has 27 heavy (non-hydrogen) atoms. The lowest BCUT2D eigenvalue weighted by Crippen LogP contribution is -2.31. The van der Waals surface area contributed by atoms with Gasteiger partial charge in [-0.1, -0.05) is 96.4 Å². The lowest BCUT2D eigenvalue weighted by Gasteiger charge is -2.30. The van der Waals surface area contributed by atoms with Crippen LogP contribution in [-0.4, -0.2) is 6.41 Å². The maximum absolute atomic E-state index is 10.8. The van der Waals surface area contributed by atoms with E-state index in [9.17, 15) is 4.79 Å². The lowest BCUT2D eigenvalue weighted by molar-refractivity contribution is -0.108. The Morgan fingerprint density at radius 1 is 0.815 bits per heavy atom. The molecule has 0 aliphatic heterocycles. The number of nitrogens with one attached hydrogen (secondary N) is 1. The first-order valence-electron chi connectivity index (χ1n) is 9.08. The Balaban J connectivity index is 2.11. The molecule has 0 atom stereocenters. The van der Waals surface area contributed by atoms with Crippen molar-refractivity contribution in [2.45, 2.75) is 25.2 Å². The van der Waals surface area contributed by atoms with Crippen molar-refractivity contribution >= 4 is 6.41 Å². The Morgan fingerprint density at radius 3 is 1.81 bits per heavy atom. The van der Waals surface area contributed by atoms with Crippen molar-refractivity contribution in [1.29, 1.82) is 0 Å². The fourth-order valence-electron chi connectivity index (χ4n) is 3.37. The fraction of sp³-hybridized carbons (Fsp3) is 0.160. The van der Waals surface area contributed by atoms with Gasteiger partial charge in [0.1, 0.15) is 0 Å². The largest absolute Gasteiger partial charge is 0.288 e. The second-order valence-electron chi connectivity index (χ2n) is 6.79. The van der Waals surface area contributed by atoms with E-state index in [4.69, 9.17) is 0 Å². The number of rotatable bonds is 6. The second-order valence-corrected chi connectivity index (χ2v) is 6.79. The van der Waals surface area contributed by atoms with E-state index >= 15 is 0 Å². The zero-order valence-electron chi connectivity index (χ0n) is 15.5. The smallest absolute Gasteiger partial charge is 0.218 e. The van der Waals surface area contributed by atoms with Gasteiger partial charge in [0.05, 0.1) is 5.41 Å². The van der Waals surface area contributed by atoms with E-state index in [0.29, 0.717) is 6.41 Å². The standard InChI is InChI=1S/C25H23NO/c1-21-12-14-24(15-13-21)25(16-17-26-20-27,18-22-8-4-2-5-9-22)19-23-10-6-3-7-11-23/h2-15,20H,18-19H2,1H3,(H,26,27). The molecule has 0 unspecified atom stereocenters. The van der Waals surface area contributed by atoms with Crippen LogP contribution in [0.2, 0.25) is 0 Å². The Morgan fingerprint density at radius 2 is 1.33 bits per heavy atom. The monoisotopic (exact) mass is 353 g/mol. The van der Waals surface area contributed by atoms with Crippen LogP contribution in [0.15, 0.2) is 84.9 Å². The molecule has 0 saturated heterocycles. The molecule has 3 aromatic rings. The molecule has 0 spiro atoms. The number of benzene rings is 3. The van der Waals surface area contributed by atoms with Gasteiger partial charge in [0.25, 0.3) is 0 Å². The third-order valence-corrected chi connectivity index (χ3v) is 4.73. The summed E-state index contributed by atoms with van der Waals surface area (Å²) in [6, 6.07) is 32.2. The Kier molecular flexibility index (Phi) is 6.07. The molecule has 0 saturated carbocycles. The van der Waals surface area contributed by atoms with Crippen LogP contribution in [0, 0.1) is 18.9 Å². The van der Waals surface area contributed by atoms with Crippen molar-refractivity contribution in [3.05, 3.63) is 107 Å². The van der Waals surface area contributed by atoms with Crippen LogP contribution < -0.4 is 5.32 Å². The normalized spacial score (nSPS) is 10.6. The summed E-state index contributed by atoms with van der Waals surface area (Å²) in [4.78, 5) is 10.8. The van der Waals surface area contributed by atoms with E-state index in [1.54, 1.807) is 0 Å². The second kappa shape index (κ2) is 8.87. The topological polar surface area (TPSA) is 29.1 Å². The van der Waals surface area contributed by atoms with Crippen LogP contribution in [0.3, 0.4) is 0 Å². The van der Waals surface area contributed by atoms with E-state index in [2.05, 4.69) is 97.0 Å². The first-order valence-corrected chi connectivity index (χ1v) is 9.08. The molecule has 1 N–H and O–H groups in total. The average molecular weight is 353 g/mol. The maximum atomic E-state index is 10.8. The fourth-order valence-corrected chi connectivity index (χ4v) is 3.37. The van der Waals surface area contributed by atoms with Gasteiger partial charge in [-0.3, -0.25) is 10.1 Å². The van der Waals surface area contributed by atoms with Crippen LogP contribution >= 0.6 is 0 Å². The number of carbonyl (C=O) groups is 1. The van der Waals surface area contributed by atoms with Gasteiger partial charge in [-0.25, -0.2) is 0 Å². The maximum Gasteiger partial charge on any atom is 0.218 e. The van der Waals surface area contributed by atoms with Gasteiger partial charge in [-0.05, 0) is 36.5 Å². The number of hydrogen-bond acceptors (Lipinski definition) is 1. The third kappa shape index (κ3) is 4.86. The van der Waals surface area contributed by atoms with Gasteiger partial charge in [0.15, 0.2) is 0 Å². The zero-order valence-corrected chi connectivity index (χ0v) is 15.5. The Bertz CT molecular complexity index is 877. The van der Waals surface area contributed by atoms with Crippen molar-refractivity contribution in [1.82, 2.24) is 5.32 Å². The first-order chi connectivity index (χ1) is 13.2. The summed E-state index contributed by atoms with van der Waals surface area (Å²) < 4.78 is 0. The van der Waals surface area contributed by atoms with Crippen LogP contribution in [0.25, 0.3) is 0 Å². The summed E-state index contributed by atoms with van der Waals surface area (Å²) >= 11 is 0. The molecule has 0 radical (unpaired) electrons. The summed E-state index contributed by atoms with van der Waals surface area (Å²) in [7, 11) is 0. The van der Waals surface area contributed by atoms with Crippen molar-refractivity contribution in [2.24, 2.45) is 0 Å². The van der Waals surface area contributed by atoms with Crippen LogP contribution in [-0.2, 0) is 23.1 Å². The summed E-state index contributed by atoms with van der Waals surface area (Å²) in [5.74, 6) is 3.37.